The number of nitrogens with one attached hydrogen (secondary N) is 2. The number of amides is 2. The van der Waals surface area contributed by atoms with Crippen LogP contribution in [0.25, 0.3) is 10.9 Å². The topological polar surface area (TPSA) is 107 Å². The molecule has 0 aromatic carbocycles. The van der Waals surface area contributed by atoms with Gasteiger partial charge in [0.25, 0.3) is 0 Å². The maximum Gasteiger partial charge on any atom is 0.417 e. The number of rotatable bonds is 4. The number of carboxylic acid groups (broad SMARTS) is 1. The van der Waals surface area contributed by atoms with Crippen LogP contribution in [0, 0.1) is 0 Å². The number of hydrogen-bond acceptors (Lipinski definition) is 5. The summed E-state index contributed by atoms with van der Waals surface area (Å²) < 4.78 is 38.5. The lowest BCUT2D eigenvalue weighted by Crippen LogP contribution is -2.61. The predicted octanol–water partition coefficient (Wildman–Crippen LogP) is 1.54. The van der Waals surface area contributed by atoms with Gasteiger partial charge in [-0.3, -0.25) is 9.78 Å². The summed E-state index contributed by atoms with van der Waals surface area (Å²) in [7, 11) is 0. The summed E-state index contributed by atoms with van der Waals surface area (Å²) in [6, 6.07) is 2.11. The van der Waals surface area contributed by atoms with E-state index in [0.29, 0.717) is 5.52 Å². The maximum absolute atomic E-state index is 12.8. The van der Waals surface area contributed by atoms with Crippen LogP contribution in [0.15, 0.2) is 24.5 Å². The van der Waals surface area contributed by atoms with Crippen molar-refractivity contribution in [3.8, 4) is 0 Å². The van der Waals surface area contributed by atoms with E-state index < -0.39 is 23.7 Å². The molecule has 26 heavy (non-hydrogen) atoms. The Bertz CT molecular complexity index is 852. The summed E-state index contributed by atoms with van der Waals surface area (Å²) >= 11 is 0. The first kappa shape index (κ1) is 17.7. The lowest BCUT2D eigenvalue weighted by molar-refractivity contribution is -0.137. The zero-order chi connectivity index (χ0) is 18.9. The minimum absolute atomic E-state index is 0.108. The smallest absolute Gasteiger partial charge is 0.417 e. The molecular weight excluding hydrogens is 355 g/mol. The molecule has 0 aliphatic carbocycles. The fourth-order valence-corrected chi connectivity index (χ4v) is 2.51. The molecule has 0 radical (unpaired) electrons. The van der Waals surface area contributed by atoms with E-state index in [1.54, 1.807) is 0 Å². The fraction of sp³-hybridized carbons (Fsp3) is 0.333. The number of carbonyl (C=O) groups excluding carboxylic acids is 1. The largest absolute Gasteiger partial charge is 0.465 e. The molecule has 2 aromatic heterocycles. The lowest BCUT2D eigenvalue weighted by Gasteiger charge is -2.37. The Balaban J connectivity index is 1.65. The molecule has 11 heteroatoms. The number of alkyl halides is 3. The van der Waals surface area contributed by atoms with E-state index in [-0.39, 0.29) is 36.9 Å². The van der Waals surface area contributed by atoms with Gasteiger partial charge in [0.05, 0.1) is 23.7 Å². The summed E-state index contributed by atoms with van der Waals surface area (Å²) in [6.45, 7) is 0.185. The van der Waals surface area contributed by atoms with Crippen molar-refractivity contribution in [2.45, 2.75) is 12.2 Å². The van der Waals surface area contributed by atoms with Gasteiger partial charge in [-0.1, -0.05) is 0 Å². The average molecular weight is 369 g/mol. The molecule has 3 rings (SSSR count). The normalized spacial score (nSPS) is 14.8. The summed E-state index contributed by atoms with van der Waals surface area (Å²) in [4.78, 5) is 31.4. The van der Waals surface area contributed by atoms with Crippen LogP contribution in [0.5, 0.6) is 0 Å². The van der Waals surface area contributed by atoms with E-state index in [2.05, 4.69) is 20.6 Å². The molecule has 1 aliphatic heterocycles. The van der Waals surface area contributed by atoms with Gasteiger partial charge < -0.3 is 20.6 Å². The second kappa shape index (κ2) is 6.65. The van der Waals surface area contributed by atoms with Gasteiger partial charge in [0.2, 0.25) is 5.91 Å². The van der Waals surface area contributed by atoms with E-state index in [1.807, 2.05) is 0 Å². The lowest BCUT2D eigenvalue weighted by atomic mass is 10.1. The third-order valence-electron chi connectivity index (χ3n) is 3.87. The monoisotopic (exact) mass is 369 g/mol. The molecule has 0 saturated carbocycles. The molecule has 8 nitrogen and oxygen atoms in total. The van der Waals surface area contributed by atoms with Crippen molar-refractivity contribution in [2.24, 2.45) is 0 Å². The van der Waals surface area contributed by atoms with Gasteiger partial charge >= 0.3 is 12.3 Å². The van der Waals surface area contributed by atoms with Crippen molar-refractivity contribution in [1.29, 1.82) is 0 Å². The van der Waals surface area contributed by atoms with Gasteiger partial charge in [0.15, 0.2) is 0 Å². The summed E-state index contributed by atoms with van der Waals surface area (Å²) in [6.07, 6.45) is -3.48. The van der Waals surface area contributed by atoms with Crippen LogP contribution in [0.4, 0.5) is 23.8 Å². The number of likely N-dealkylation sites (tertiary alicyclic amines) is 1. The minimum atomic E-state index is -4.54. The molecule has 3 N–H and O–H groups in total. The van der Waals surface area contributed by atoms with Gasteiger partial charge in [-0.05, 0) is 12.1 Å². The molecule has 138 valence electrons. The highest BCUT2D eigenvalue weighted by atomic mass is 19.4. The Kier molecular flexibility index (Phi) is 4.53. The molecule has 1 saturated heterocycles. The minimum Gasteiger partial charge on any atom is -0.465 e. The van der Waals surface area contributed by atoms with Crippen molar-refractivity contribution in [3.05, 3.63) is 30.1 Å². The Hall–Kier alpha value is -3.11. The van der Waals surface area contributed by atoms with Crippen LogP contribution in [-0.4, -0.2) is 57.7 Å². The summed E-state index contributed by atoms with van der Waals surface area (Å²) in [5.74, 6) is -0.309. The zero-order valence-corrected chi connectivity index (χ0v) is 13.2. The maximum atomic E-state index is 12.8. The Morgan fingerprint density at radius 1 is 1.31 bits per heavy atom. The van der Waals surface area contributed by atoms with Crippen molar-refractivity contribution < 1.29 is 27.9 Å². The molecule has 3 heterocycles. The molecule has 0 bridgehead atoms. The molecule has 1 aliphatic rings. The third-order valence-corrected chi connectivity index (χ3v) is 3.87. The van der Waals surface area contributed by atoms with E-state index >= 15 is 0 Å². The van der Waals surface area contributed by atoms with Crippen molar-refractivity contribution >= 4 is 28.7 Å². The van der Waals surface area contributed by atoms with Crippen molar-refractivity contribution in [3.63, 3.8) is 0 Å². The first-order valence-electron chi connectivity index (χ1n) is 7.57. The highest BCUT2D eigenvalue weighted by molar-refractivity contribution is 5.91. The van der Waals surface area contributed by atoms with Gasteiger partial charge in [-0.25, -0.2) is 9.78 Å². The molecule has 0 atom stereocenters. The first-order chi connectivity index (χ1) is 12.2. The summed E-state index contributed by atoms with van der Waals surface area (Å²) in [5.41, 5.74) is -0.597. The second-order valence-corrected chi connectivity index (χ2v) is 5.75. The van der Waals surface area contributed by atoms with Crippen LogP contribution in [0.3, 0.4) is 0 Å². The number of anilines is 1. The van der Waals surface area contributed by atoms with Crippen LogP contribution < -0.4 is 10.6 Å². The predicted molar refractivity (Wildman–Crippen MR) is 84.6 cm³/mol. The highest BCUT2D eigenvalue weighted by Crippen LogP contribution is 2.31. The highest BCUT2D eigenvalue weighted by Gasteiger charge is 2.32. The van der Waals surface area contributed by atoms with Gasteiger partial charge in [0.1, 0.15) is 5.82 Å². The van der Waals surface area contributed by atoms with Crippen molar-refractivity contribution in [1.82, 2.24) is 20.2 Å². The van der Waals surface area contributed by atoms with Crippen LogP contribution in [0.2, 0.25) is 0 Å². The standard InChI is InChI=1S/C15H14F3N5O3/c16-15(17,18)8-3-10-11(20-4-8)1-2-19-13(10)21-5-12(24)22-9-6-23(7-9)14(25)26/h1-4,9H,5-7H2,(H,19,21)(H,22,24)(H,25,26). The number of nitrogens with zero attached hydrogens (tertiary/aromatic N) is 3. The van der Waals surface area contributed by atoms with E-state index in [1.165, 1.54) is 12.3 Å². The number of halogens is 3. The fourth-order valence-electron chi connectivity index (χ4n) is 2.51. The third kappa shape index (κ3) is 3.76. The van der Waals surface area contributed by atoms with Crippen LogP contribution in [0.1, 0.15) is 5.56 Å². The Labute approximate surface area is 145 Å². The molecular formula is C15H14F3N5O3. The van der Waals surface area contributed by atoms with E-state index in [9.17, 15) is 22.8 Å². The van der Waals surface area contributed by atoms with Crippen LogP contribution >= 0.6 is 0 Å². The zero-order valence-electron chi connectivity index (χ0n) is 13.2. The number of fused-ring (bicyclic) bond motifs is 1. The number of hydrogen-bond donors (Lipinski definition) is 3. The molecule has 2 amide bonds. The average Bonchev–Trinajstić information content (AvgIpc) is 2.54. The van der Waals surface area contributed by atoms with Crippen LogP contribution in [-0.2, 0) is 11.0 Å². The van der Waals surface area contributed by atoms with E-state index in [4.69, 9.17) is 5.11 Å². The number of pyridine rings is 2. The molecule has 2 aromatic rings. The molecule has 0 spiro atoms. The number of carbonyl (C=O) groups is 2. The molecule has 1 fully saturated rings. The second-order valence-electron chi connectivity index (χ2n) is 5.75. The van der Waals surface area contributed by atoms with Crippen molar-refractivity contribution in [2.75, 3.05) is 25.0 Å². The van der Waals surface area contributed by atoms with Gasteiger partial charge in [-0.2, -0.15) is 13.2 Å². The SMILES string of the molecule is O=C(CNc1nccc2ncc(C(F)(F)F)cc12)NC1CN(C(=O)O)C1. The molecule has 0 unspecified atom stereocenters. The Morgan fingerprint density at radius 3 is 2.69 bits per heavy atom. The first-order valence-corrected chi connectivity index (χ1v) is 7.57. The van der Waals surface area contributed by atoms with Gasteiger partial charge in [0, 0.05) is 30.9 Å². The number of aromatic nitrogens is 2. The summed E-state index contributed by atoms with van der Waals surface area (Å²) in [5, 5.41) is 14.2. The van der Waals surface area contributed by atoms with Gasteiger partial charge in [-0.15, -0.1) is 0 Å². The van der Waals surface area contributed by atoms with E-state index in [0.717, 1.165) is 17.2 Å². The quantitative estimate of drug-likeness (QED) is 0.755. The Morgan fingerprint density at radius 2 is 2.04 bits per heavy atom.